The lowest BCUT2D eigenvalue weighted by Crippen LogP contribution is -2.46. The molecule has 0 spiro atoms. The third-order valence-electron chi connectivity index (χ3n) is 3.26. The van der Waals surface area contributed by atoms with Gasteiger partial charge in [-0.3, -0.25) is 4.79 Å². The summed E-state index contributed by atoms with van der Waals surface area (Å²) in [7, 11) is 0. The molecule has 0 bridgehead atoms. The van der Waals surface area contributed by atoms with Crippen molar-refractivity contribution in [1.29, 1.82) is 0 Å². The van der Waals surface area contributed by atoms with Crippen molar-refractivity contribution >= 4 is 33.2 Å². The summed E-state index contributed by atoms with van der Waals surface area (Å²) in [4.78, 5) is 15.5. The van der Waals surface area contributed by atoms with Gasteiger partial charge in [0.1, 0.15) is 0 Å². The van der Waals surface area contributed by atoms with E-state index in [1.165, 1.54) is 11.3 Å². The first kappa shape index (κ1) is 14.0. The summed E-state index contributed by atoms with van der Waals surface area (Å²) in [5.74, 6) is 0.194. The van der Waals surface area contributed by atoms with Gasteiger partial charge in [0.05, 0.1) is 8.66 Å². The van der Waals surface area contributed by atoms with Crippen LogP contribution in [0, 0.1) is 0 Å². The van der Waals surface area contributed by atoms with Crippen molar-refractivity contribution in [3.63, 3.8) is 0 Å². The molecule has 2 rings (SSSR count). The molecule has 0 saturated carbocycles. The number of nitrogens with zero attached hydrogens (tertiary/aromatic N) is 1. The van der Waals surface area contributed by atoms with Crippen molar-refractivity contribution in [3.8, 4) is 0 Å². The first-order valence-electron chi connectivity index (χ1n) is 6.49. The molecular weight excluding hydrogens is 312 g/mol. The second-order valence-corrected chi connectivity index (χ2v) is 7.05. The van der Waals surface area contributed by atoms with E-state index in [9.17, 15) is 4.79 Å². The number of hydrogen-bond donors (Lipinski definition) is 1. The van der Waals surface area contributed by atoms with E-state index >= 15 is 0 Å². The van der Waals surface area contributed by atoms with E-state index in [4.69, 9.17) is 0 Å². The average Bonchev–Trinajstić information content (AvgIpc) is 2.83. The lowest BCUT2D eigenvalue weighted by atomic mass is 10.0. The number of hydrogen-bond acceptors (Lipinski definition) is 3. The van der Waals surface area contributed by atoms with E-state index in [1.54, 1.807) is 0 Å². The summed E-state index contributed by atoms with van der Waals surface area (Å²) in [6.07, 6.45) is 3.15. The number of amides is 1. The van der Waals surface area contributed by atoms with Crippen LogP contribution < -0.4 is 5.32 Å². The predicted octanol–water partition coefficient (Wildman–Crippen LogP) is 3.11. The molecule has 5 heteroatoms. The fraction of sp³-hybridized carbons (Fsp3) is 0.615. The zero-order valence-electron chi connectivity index (χ0n) is 10.6. The Morgan fingerprint density at radius 2 is 2.22 bits per heavy atom. The van der Waals surface area contributed by atoms with E-state index in [0.29, 0.717) is 6.04 Å². The number of piperidine rings is 1. The number of carbonyl (C=O) groups is 1. The maximum Gasteiger partial charge on any atom is 0.264 e. The van der Waals surface area contributed by atoms with Crippen LogP contribution in [0.25, 0.3) is 0 Å². The molecule has 1 amide bonds. The molecule has 100 valence electrons. The van der Waals surface area contributed by atoms with Gasteiger partial charge < -0.3 is 10.2 Å². The molecule has 1 aromatic rings. The largest absolute Gasteiger partial charge is 0.335 e. The molecule has 0 radical (unpaired) electrons. The highest BCUT2D eigenvalue weighted by Gasteiger charge is 2.26. The number of rotatable bonds is 4. The quantitative estimate of drug-likeness (QED) is 0.919. The summed E-state index contributed by atoms with van der Waals surface area (Å²) >= 11 is 4.95. The lowest BCUT2D eigenvalue weighted by molar-refractivity contribution is 0.0647. The Balaban J connectivity index is 2.10. The smallest absolute Gasteiger partial charge is 0.264 e. The van der Waals surface area contributed by atoms with E-state index in [1.807, 2.05) is 12.1 Å². The highest BCUT2D eigenvalue weighted by atomic mass is 79.9. The van der Waals surface area contributed by atoms with Crippen molar-refractivity contribution in [2.45, 2.75) is 32.2 Å². The SMILES string of the molecule is CCCN(C(=O)c1ccc(Br)s1)C1CCNCC1. The molecule has 1 aromatic heterocycles. The van der Waals surface area contributed by atoms with E-state index < -0.39 is 0 Å². The van der Waals surface area contributed by atoms with Gasteiger partial charge in [-0.15, -0.1) is 11.3 Å². The van der Waals surface area contributed by atoms with Gasteiger partial charge in [-0.25, -0.2) is 0 Å². The third-order valence-corrected chi connectivity index (χ3v) is 4.87. The van der Waals surface area contributed by atoms with Crippen LogP contribution in [0.2, 0.25) is 0 Å². The zero-order valence-corrected chi connectivity index (χ0v) is 13.0. The summed E-state index contributed by atoms with van der Waals surface area (Å²) in [5.41, 5.74) is 0. The Bertz CT molecular complexity index is 401. The Morgan fingerprint density at radius 1 is 1.50 bits per heavy atom. The molecule has 0 atom stereocenters. The van der Waals surface area contributed by atoms with Crippen molar-refractivity contribution in [1.82, 2.24) is 10.2 Å². The molecule has 1 N–H and O–H groups in total. The molecule has 0 aromatic carbocycles. The number of thiophene rings is 1. The normalized spacial score (nSPS) is 16.8. The van der Waals surface area contributed by atoms with Crippen molar-refractivity contribution in [3.05, 3.63) is 20.8 Å². The maximum absolute atomic E-state index is 12.5. The van der Waals surface area contributed by atoms with E-state index in [2.05, 4.69) is 33.1 Å². The minimum absolute atomic E-state index is 0.194. The van der Waals surface area contributed by atoms with Crippen molar-refractivity contribution < 1.29 is 4.79 Å². The van der Waals surface area contributed by atoms with Gasteiger partial charge in [-0.1, -0.05) is 6.92 Å². The molecule has 18 heavy (non-hydrogen) atoms. The summed E-state index contributed by atoms with van der Waals surface area (Å²) in [6, 6.07) is 4.27. The summed E-state index contributed by atoms with van der Waals surface area (Å²) in [5, 5.41) is 3.35. The van der Waals surface area contributed by atoms with Gasteiger partial charge in [-0.2, -0.15) is 0 Å². The predicted molar refractivity (Wildman–Crippen MR) is 79.2 cm³/mol. The van der Waals surface area contributed by atoms with E-state index in [-0.39, 0.29) is 5.91 Å². The van der Waals surface area contributed by atoms with Crippen LogP contribution in [0.5, 0.6) is 0 Å². The van der Waals surface area contributed by atoms with Crippen LogP contribution in [0.4, 0.5) is 0 Å². The van der Waals surface area contributed by atoms with Gasteiger partial charge >= 0.3 is 0 Å². The highest BCUT2D eigenvalue weighted by Crippen LogP contribution is 2.25. The fourth-order valence-corrected chi connectivity index (χ4v) is 3.72. The topological polar surface area (TPSA) is 32.3 Å². The molecule has 2 heterocycles. The number of halogens is 1. The molecule has 1 aliphatic rings. The lowest BCUT2D eigenvalue weighted by Gasteiger charge is -2.34. The van der Waals surface area contributed by atoms with Gasteiger partial charge in [0.2, 0.25) is 0 Å². The zero-order chi connectivity index (χ0) is 13.0. The molecule has 1 fully saturated rings. The molecule has 0 aliphatic carbocycles. The minimum Gasteiger partial charge on any atom is -0.335 e. The molecule has 3 nitrogen and oxygen atoms in total. The maximum atomic E-state index is 12.5. The van der Waals surface area contributed by atoms with Gasteiger partial charge in [0.15, 0.2) is 0 Å². The Hall–Kier alpha value is -0.390. The molecule has 1 aliphatic heterocycles. The molecular formula is C13H19BrN2OS. The molecule has 0 unspecified atom stereocenters. The van der Waals surface area contributed by atoms with Crippen LogP contribution >= 0.6 is 27.3 Å². The standard InChI is InChI=1S/C13H19BrN2OS/c1-2-9-16(10-5-7-15-8-6-10)13(17)11-3-4-12(14)18-11/h3-4,10,15H,2,5-9H2,1H3. The highest BCUT2D eigenvalue weighted by molar-refractivity contribution is 9.11. The Morgan fingerprint density at radius 3 is 2.78 bits per heavy atom. The number of carbonyl (C=O) groups excluding carboxylic acids is 1. The first-order valence-corrected chi connectivity index (χ1v) is 8.10. The van der Waals surface area contributed by atoms with E-state index in [0.717, 1.165) is 47.6 Å². The third kappa shape index (κ3) is 3.33. The Labute approximate surface area is 121 Å². The second-order valence-electron chi connectivity index (χ2n) is 4.58. The van der Waals surface area contributed by atoms with Crippen molar-refractivity contribution in [2.75, 3.05) is 19.6 Å². The second kappa shape index (κ2) is 6.68. The van der Waals surface area contributed by atoms with Gasteiger partial charge in [0, 0.05) is 12.6 Å². The minimum atomic E-state index is 0.194. The van der Waals surface area contributed by atoms with Crippen LogP contribution in [0.15, 0.2) is 15.9 Å². The van der Waals surface area contributed by atoms with Crippen LogP contribution in [0.3, 0.4) is 0 Å². The Kier molecular flexibility index (Phi) is 5.21. The average molecular weight is 331 g/mol. The molecule has 1 saturated heterocycles. The van der Waals surface area contributed by atoms with Crippen LogP contribution in [-0.4, -0.2) is 36.5 Å². The summed E-state index contributed by atoms with van der Waals surface area (Å²) < 4.78 is 1.02. The fourth-order valence-electron chi connectivity index (χ4n) is 2.38. The first-order chi connectivity index (χ1) is 8.72. The van der Waals surface area contributed by atoms with Crippen LogP contribution in [0.1, 0.15) is 35.9 Å². The monoisotopic (exact) mass is 330 g/mol. The number of nitrogens with one attached hydrogen (secondary N) is 1. The van der Waals surface area contributed by atoms with Crippen molar-refractivity contribution in [2.24, 2.45) is 0 Å². The van der Waals surface area contributed by atoms with Crippen LogP contribution in [-0.2, 0) is 0 Å². The summed E-state index contributed by atoms with van der Waals surface area (Å²) in [6.45, 7) is 5.03. The van der Waals surface area contributed by atoms with Gasteiger partial charge in [0.25, 0.3) is 5.91 Å². The van der Waals surface area contributed by atoms with Gasteiger partial charge in [-0.05, 0) is 60.4 Å².